The van der Waals surface area contributed by atoms with Crippen LogP contribution in [0, 0.1) is 17.3 Å². The van der Waals surface area contributed by atoms with Crippen molar-refractivity contribution in [2.45, 2.75) is 47.6 Å². The molecule has 2 rings (SSSR count). The van der Waals surface area contributed by atoms with Crippen LogP contribution in [0.25, 0.3) is 0 Å². The maximum Gasteiger partial charge on any atom is 0.310 e. The highest BCUT2D eigenvalue weighted by molar-refractivity contribution is 5.95. The van der Waals surface area contributed by atoms with Gasteiger partial charge in [-0.2, -0.15) is 0 Å². The summed E-state index contributed by atoms with van der Waals surface area (Å²) in [5.41, 5.74) is 2.73. The van der Waals surface area contributed by atoms with E-state index in [0.29, 0.717) is 12.0 Å². The molecule has 23 heavy (non-hydrogen) atoms. The van der Waals surface area contributed by atoms with E-state index < -0.39 is 0 Å². The Hall–Kier alpha value is -1.90. The fourth-order valence-corrected chi connectivity index (χ4v) is 3.08. The van der Waals surface area contributed by atoms with Crippen molar-refractivity contribution in [1.82, 2.24) is 0 Å². The van der Waals surface area contributed by atoms with E-state index in [4.69, 9.17) is 4.74 Å². The molecule has 0 saturated heterocycles. The summed E-state index contributed by atoms with van der Waals surface area (Å²) in [5.74, 6) is 0.140. The number of Topliss-reactive ketones (excluding diaryl/α,β-unsaturated/α-hetero) is 1. The Morgan fingerprint density at radius 2 is 1.96 bits per heavy atom. The Labute approximate surface area is 138 Å². The van der Waals surface area contributed by atoms with Gasteiger partial charge in [0, 0.05) is 12.0 Å². The van der Waals surface area contributed by atoms with E-state index >= 15 is 0 Å². The number of ketones is 1. The van der Waals surface area contributed by atoms with Crippen LogP contribution in [0.2, 0.25) is 0 Å². The first-order valence-electron chi connectivity index (χ1n) is 8.21. The van der Waals surface area contributed by atoms with Crippen molar-refractivity contribution in [1.29, 1.82) is 0 Å². The fourth-order valence-electron chi connectivity index (χ4n) is 3.08. The number of esters is 1. The second kappa shape index (κ2) is 6.69. The van der Waals surface area contributed by atoms with Crippen LogP contribution in [0.15, 0.2) is 35.9 Å². The zero-order chi connectivity index (χ0) is 17.2. The van der Waals surface area contributed by atoms with Crippen molar-refractivity contribution in [3.05, 3.63) is 47.0 Å². The molecule has 0 bridgehead atoms. The molecule has 1 aliphatic carbocycles. The summed E-state index contributed by atoms with van der Waals surface area (Å²) in [4.78, 5) is 24.1. The molecule has 1 saturated carbocycles. The predicted octanol–water partition coefficient (Wildman–Crippen LogP) is 4.56. The highest BCUT2D eigenvalue weighted by Crippen LogP contribution is 2.59. The molecule has 3 nitrogen and oxygen atoms in total. The summed E-state index contributed by atoms with van der Waals surface area (Å²) in [5, 5.41) is 0. The lowest BCUT2D eigenvalue weighted by Gasteiger charge is -2.07. The van der Waals surface area contributed by atoms with Crippen molar-refractivity contribution in [2.24, 2.45) is 17.3 Å². The van der Waals surface area contributed by atoms with E-state index in [1.165, 1.54) is 5.57 Å². The van der Waals surface area contributed by atoms with Crippen molar-refractivity contribution in [3.8, 4) is 0 Å². The summed E-state index contributed by atoms with van der Waals surface area (Å²) in [6.45, 7) is 10.4. The molecule has 1 aromatic rings. The van der Waals surface area contributed by atoms with Gasteiger partial charge in [0.25, 0.3) is 0 Å². The van der Waals surface area contributed by atoms with Crippen LogP contribution in [0.4, 0.5) is 0 Å². The van der Waals surface area contributed by atoms with E-state index in [-0.39, 0.29) is 35.6 Å². The number of hydrogen-bond donors (Lipinski definition) is 0. The summed E-state index contributed by atoms with van der Waals surface area (Å²) < 4.78 is 5.49. The molecule has 0 heterocycles. The minimum Gasteiger partial charge on any atom is -0.461 e. The van der Waals surface area contributed by atoms with E-state index in [1.54, 1.807) is 6.07 Å². The lowest BCUT2D eigenvalue weighted by atomic mass is 10.1. The SMILES string of the molecule is CCC(=O)c1cccc(COC(=O)[C@@H]2[C@@H](C=C(C)C)C2(C)C)c1. The maximum absolute atomic E-state index is 12.3. The van der Waals surface area contributed by atoms with E-state index in [0.717, 1.165) is 5.56 Å². The smallest absolute Gasteiger partial charge is 0.310 e. The number of rotatable bonds is 6. The molecule has 1 aromatic carbocycles. The molecule has 0 radical (unpaired) electrons. The van der Waals surface area contributed by atoms with Crippen LogP contribution < -0.4 is 0 Å². The van der Waals surface area contributed by atoms with Gasteiger partial charge >= 0.3 is 5.97 Å². The normalized spacial score (nSPS) is 21.4. The second-order valence-corrected chi connectivity index (χ2v) is 7.15. The first-order valence-corrected chi connectivity index (χ1v) is 8.21. The monoisotopic (exact) mass is 314 g/mol. The van der Waals surface area contributed by atoms with Crippen LogP contribution in [-0.4, -0.2) is 11.8 Å². The lowest BCUT2D eigenvalue weighted by molar-refractivity contribution is -0.147. The molecule has 1 aliphatic rings. The average molecular weight is 314 g/mol. The topological polar surface area (TPSA) is 43.4 Å². The molecule has 0 aromatic heterocycles. The molecule has 3 heteroatoms. The number of allylic oxidation sites excluding steroid dienone is 2. The van der Waals surface area contributed by atoms with Gasteiger partial charge in [-0.15, -0.1) is 0 Å². The third-order valence-electron chi connectivity index (χ3n) is 4.63. The Balaban J connectivity index is 1.98. The van der Waals surface area contributed by atoms with Crippen LogP contribution in [-0.2, 0) is 16.1 Å². The molecule has 0 amide bonds. The fraction of sp³-hybridized carbons (Fsp3) is 0.500. The quantitative estimate of drug-likeness (QED) is 0.439. The number of carbonyl (C=O) groups excluding carboxylic acids is 2. The summed E-state index contributed by atoms with van der Waals surface area (Å²) >= 11 is 0. The molecule has 0 spiro atoms. The standard InChI is InChI=1S/C20H26O3/c1-6-17(21)15-9-7-8-14(11-15)12-23-19(22)18-16(10-13(2)3)20(18,4)5/h7-11,16,18H,6,12H2,1-5H3/t16-,18+/m1/s1. The Morgan fingerprint density at radius 1 is 1.26 bits per heavy atom. The van der Waals surface area contributed by atoms with Gasteiger partial charge in [-0.3, -0.25) is 9.59 Å². The van der Waals surface area contributed by atoms with Crippen molar-refractivity contribution < 1.29 is 14.3 Å². The van der Waals surface area contributed by atoms with Gasteiger partial charge in [-0.1, -0.05) is 50.6 Å². The van der Waals surface area contributed by atoms with E-state index in [2.05, 4.69) is 19.9 Å². The van der Waals surface area contributed by atoms with E-state index in [1.807, 2.05) is 39.0 Å². The molecule has 0 aliphatic heterocycles. The highest BCUT2D eigenvalue weighted by Gasteiger charge is 2.61. The zero-order valence-electron chi connectivity index (χ0n) is 14.7. The van der Waals surface area contributed by atoms with Crippen molar-refractivity contribution in [2.75, 3.05) is 0 Å². The van der Waals surface area contributed by atoms with Crippen LogP contribution >= 0.6 is 0 Å². The Morgan fingerprint density at radius 3 is 2.57 bits per heavy atom. The minimum absolute atomic E-state index is 0.0334. The van der Waals surface area contributed by atoms with Crippen molar-refractivity contribution in [3.63, 3.8) is 0 Å². The van der Waals surface area contributed by atoms with Gasteiger partial charge in [0.05, 0.1) is 5.92 Å². The van der Waals surface area contributed by atoms with Crippen molar-refractivity contribution >= 4 is 11.8 Å². The second-order valence-electron chi connectivity index (χ2n) is 7.15. The molecule has 124 valence electrons. The number of hydrogen-bond acceptors (Lipinski definition) is 3. The first kappa shape index (κ1) is 17.5. The maximum atomic E-state index is 12.3. The van der Waals surface area contributed by atoms with Gasteiger partial charge in [0.2, 0.25) is 0 Å². The highest BCUT2D eigenvalue weighted by atomic mass is 16.5. The zero-order valence-corrected chi connectivity index (χ0v) is 14.7. The van der Waals surface area contributed by atoms with Crippen LogP contribution in [0.1, 0.15) is 57.0 Å². The van der Waals surface area contributed by atoms with Crippen LogP contribution in [0.5, 0.6) is 0 Å². The number of ether oxygens (including phenoxy) is 1. The number of benzene rings is 1. The molecule has 0 N–H and O–H groups in total. The molecule has 0 unspecified atom stereocenters. The Bertz CT molecular complexity index is 636. The molecule has 2 atom stereocenters. The first-order chi connectivity index (χ1) is 10.8. The summed E-state index contributed by atoms with van der Waals surface area (Å²) in [7, 11) is 0. The summed E-state index contributed by atoms with van der Waals surface area (Å²) in [6, 6.07) is 7.32. The van der Waals surface area contributed by atoms with Gasteiger partial charge in [-0.25, -0.2) is 0 Å². The third-order valence-corrected chi connectivity index (χ3v) is 4.63. The largest absolute Gasteiger partial charge is 0.461 e. The average Bonchev–Trinajstić information content (AvgIpc) is 3.04. The molecule has 1 fully saturated rings. The predicted molar refractivity (Wildman–Crippen MR) is 91.1 cm³/mol. The van der Waals surface area contributed by atoms with Gasteiger partial charge < -0.3 is 4.74 Å². The van der Waals surface area contributed by atoms with Gasteiger partial charge in [-0.05, 0) is 36.8 Å². The molecular weight excluding hydrogens is 288 g/mol. The van der Waals surface area contributed by atoms with Crippen LogP contribution in [0.3, 0.4) is 0 Å². The number of carbonyl (C=O) groups is 2. The Kier molecular flexibility index (Phi) is 5.08. The third kappa shape index (κ3) is 3.90. The van der Waals surface area contributed by atoms with E-state index in [9.17, 15) is 9.59 Å². The minimum atomic E-state index is -0.148. The van der Waals surface area contributed by atoms with Gasteiger partial charge in [0.15, 0.2) is 5.78 Å². The van der Waals surface area contributed by atoms with Gasteiger partial charge in [0.1, 0.15) is 6.61 Å². The summed E-state index contributed by atoms with van der Waals surface area (Å²) in [6.07, 6.45) is 2.64. The lowest BCUT2D eigenvalue weighted by Crippen LogP contribution is -2.11. The molecular formula is C20H26O3.